The van der Waals surface area contributed by atoms with E-state index in [-0.39, 0.29) is 5.91 Å². The molecule has 1 saturated heterocycles. The molecule has 1 amide bonds. The van der Waals surface area contributed by atoms with Gasteiger partial charge in [-0.25, -0.2) is 0 Å². The zero-order valence-corrected chi connectivity index (χ0v) is 14.4. The van der Waals surface area contributed by atoms with Gasteiger partial charge in [0.05, 0.1) is 0 Å². The van der Waals surface area contributed by atoms with E-state index in [2.05, 4.69) is 17.0 Å². The Morgan fingerprint density at radius 1 is 1.00 bits per heavy atom. The van der Waals surface area contributed by atoms with Crippen LogP contribution in [0.1, 0.15) is 6.92 Å². The fraction of sp³-hybridized carbons (Fsp3) is 0.316. The van der Waals surface area contributed by atoms with Crippen molar-refractivity contribution in [2.45, 2.75) is 13.0 Å². The number of anilines is 1. The summed E-state index contributed by atoms with van der Waals surface area (Å²) >= 11 is 5.86. The first-order valence-corrected chi connectivity index (χ1v) is 8.52. The largest absolute Gasteiger partial charge is 0.481 e. The molecule has 0 spiro atoms. The third-order valence-electron chi connectivity index (χ3n) is 4.19. The van der Waals surface area contributed by atoms with Crippen LogP contribution >= 0.6 is 11.6 Å². The Kier molecular flexibility index (Phi) is 5.26. The van der Waals surface area contributed by atoms with E-state index in [1.54, 1.807) is 31.2 Å². The van der Waals surface area contributed by atoms with Gasteiger partial charge in [-0.15, -0.1) is 0 Å². The molecular weight excluding hydrogens is 324 g/mol. The first kappa shape index (κ1) is 16.7. The molecule has 2 aromatic carbocycles. The van der Waals surface area contributed by atoms with Crippen LogP contribution < -0.4 is 9.64 Å². The van der Waals surface area contributed by atoms with Crippen LogP contribution in [0.25, 0.3) is 0 Å². The highest BCUT2D eigenvalue weighted by atomic mass is 35.5. The van der Waals surface area contributed by atoms with Gasteiger partial charge in [0.2, 0.25) is 0 Å². The van der Waals surface area contributed by atoms with Crippen LogP contribution in [0, 0.1) is 0 Å². The van der Waals surface area contributed by atoms with Crippen LogP contribution in [0.5, 0.6) is 5.75 Å². The zero-order chi connectivity index (χ0) is 16.9. The third-order valence-corrected chi connectivity index (χ3v) is 4.44. The highest BCUT2D eigenvalue weighted by Gasteiger charge is 2.26. The van der Waals surface area contributed by atoms with Crippen LogP contribution in [0.3, 0.4) is 0 Å². The maximum atomic E-state index is 12.6. The summed E-state index contributed by atoms with van der Waals surface area (Å²) in [4.78, 5) is 16.7. The maximum absolute atomic E-state index is 12.6. The third kappa shape index (κ3) is 4.01. The molecule has 1 aliphatic rings. The van der Waals surface area contributed by atoms with Crippen molar-refractivity contribution in [3.63, 3.8) is 0 Å². The molecule has 1 heterocycles. The van der Waals surface area contributed by atoms with Crippen molar-refractivity contribution in [1.29, 1.82) is 0 Å². The van der Waals surface area contributed by atoms with Crippen molar-refractivity contribution in [2.24, 2.45) is 0 Å². The second kappa shape index (κ2) is 7.58. The molecule has 1 aliphatic heterocycles. The molecule has 1 atom stereocenters. The van der Waals surface area contributed by atoms with E-state index in [9.17, 15) is 4.79 Å². The van der Waals surface area contributed by atoms with Gasteiger partial charge in [-0.2, -0.15) is 0 Å². The molecular formula is C19H21ClN2O2. The molecule has 0 saturated carbocycles. The highest BCUT2D eigenvalue weighted by molar-refractivity contribution is 6.30. The lowest BCUT2D eigenvalue weighted by Crippen LogP contribution is -2.52. The van der Waals surface area contributed by atoms with Gasteiger partial charge in [0.1, 0.15) is 5.75 Å². The van der Waals surface area contributed by atoms with Crippen molar-refractivity contribution in [2.75, 3.05) is 31.1 Å². The molecule has 24 heavy (non-hydrogen) atoms. The van der Waals surface area contributed by atoms with Gasteiger partial charge in [-0.1, -0.05) is 29.8 Å². The molecule has 0 N–H and O–H groups in total. The van der Waals surface area contributed by atoms with E-state index in [0.717, 1.165) is 13.1 Å². The summed E-state index contributed by atoms with van der Waals surface area (Å²) in [6, 6.07) is 17.4. The minimum absolute atomic E-state index is 0.0256. The maximum Gasteiger partial charge on any atom is 0.263 e. The van der Waals surface area contributed by atoms with E-state index in [0.29, 0.717) is 23.9 Å². The smallest absolute Gasteiger partial charge is 0.263 e. The predicted molar refractivity (Wildman–Crippen MR) is 96.8 cm³/mol. The second-order valence-electron chi connectivity index (χ2n) is 5.86. The summed E-state index contributed by atoms with van der Waals surface area (Å²) in [6.07, 6.45) is -0.505. The van der Waals surface area contributed by atoms with Crippen molar-refractivity contribution in [3.8, 4) is 5.75 Å². The van der Waals surface area contributed by atoms with Crippen LogP contribution in [0.4, 0.5) is 5.69 Å². The average Bonchev–Trinajstić information content (AvgIpc) is 2.64. The van der Waals surface area contributed by atoms with E-state index in [1.165, 1.54) is 5.69 Å². The molecule has 0 aliphatic carbocycles. The van der Waals surface area contributed by atoms with Crippen LogP contribution in [0.15, 0.2) is 54.6 Å². The van der Waals surface area contributed by atoms with Crippen molar-refractivity contribution in [1.82, 2.24) is 4.90 Å². The zero-order valence-electron chi connectivity index (χ0n) is 13.7. The van der Waals surface area contributed by atoms with Gasteiger partial charge >= 0.3 is 0 Å². The minimum Gasteiger partial charge on any atom is -0.481 e. The average molecular weight is 345 g/mol. The topological polar surface area (TPSA) is 32.8 Å². The first-order chi connectivity index (χ1) is 11.6. The Bertz CT molecular complexity index is 668. The van der Waals surface area contributed by atoms with Gasteiger partial charge < -0.3 is 14.5 Å². The fourth-order valence-electron chi connectivity index (χ4n) is 2.85. The number of nitrogens with zero attached hydrogens (tertiary/aromatic N) is 2. The van der Waals surface area contributed by atoms with Gasteiger partial charge in [0.25, 0.3) is 5.91 Å². The van der Waals surface area contributed by atoms with Crippen LogP contribution in [-0.4, -0.2) is 43.1 Å². The first-order valence-electron chi connectivity index (χ1n) is 8.14. The number of benzene rings is 2. The number of piperazine rings is 1. The Hall–Kier alpha value is -2.20. The quantitative estimate of drug-likeness (QED) is 0.851. The molecule has 3 rings (SSSR count). The van der Waals surface area contributed by atoms with Gasteiger partial charge in [-0.05, 0) is 43.3 Å². The molecule has 2 aromatic rings. The second-order valence-corrected chi connectivity index (χ2v) is 6.30. The number of amides is 1. The molecule has 0 radical (unpaired) electrons. The number of hydrogen-bond donors (Lipinski definition) is 0. The van der Waals surface area contributed by atoms with E-state index in [1.807, 2.05) is 23.1 Å². The summed E-state index contributed by atoms with van der Waals surface area (Å²) in [5.41, 5.74) is 1.20. The Labute approximate surface area is 147 Å². The Morgan fingerprint density at radius 2 is 1.62 bits per heavy atom. The highest BCUT2D eigenvalue weighted by Crippen LogP contribution is 2.19. The van der Waals surface area contributed by atoms with Gasteiger partial charge in [-0.3, -0.25) is 4.79 Å². The SMILES string of the molecule is C[C@H](Oc1ccc(Cl)cc1)C(=O)N1CCN(c2ccccc2)CC1. The van der Waals surface area contributed by atoms with E-state index >= 15 is 0 Å². The number of hydrogen-bond acceptors (Lipinski definition) is 3. The normalized spacial score (nSPS) is 15.9. The summed E-state index contributed by atoms with van der Waals surface area (Å²) in [5.74, 6) is 0.681. The number of rotatable bonds is 4. The Balaban J connectivity index is 1.53. The summed E-state index contributed by atoms with van der Waals surface area (Å²) in [6.45, 7) is 4.89. The molecule has 4 nitrogen and oxygen atoms in total. The minimum atomic E-state index is -0.505. The lowest BCUT2D eigenvalue weighted by atomic mass is 10.2. The van der Waals surface area contributed by atoms with E-state index < -0.39 is 6.10 Å². The molecule has 1 fully saturated rings. The standard InChI is InChI=1S/C19H21ClN2O2/c1-15(24-18-9-7-16(20)8-10-18)19(23)22-13-11-21(12-14-22)17-5-3-2-4-6-17/h2-10,15H,11-14H2,1H3/t15-/m0/s1. The number of halogens is 1. The molecule has 0 bridgehead atoms. The summed E-state index contributed by atoms with van der Waals surface area (Å²) in [7, 11) is 0. The molecule has 5 heteroatoms. The number of carbonyl (C=O) groups is 1. The van der Waals surface area contributed by atoms with Crippen molar-refractivity contribution < 1.29 is 9.53 Å². The lowest BCUT2D eigenvalue weighted by Gasteiger charge is -2.37. The number of para-hydroxylation sites is 1. The predicted octanol–water partition coefficient (Wildman–Crippen LogP) is 3.46. The van der Waals surface area contributed by atoms with E-state index in [4.69, 9.17) is 16.3 Å². The molecule has 126 valence electrons. The number of carbonyl (C=O) groups excluding carboxylic acids is 1. The van der Waals surface area contributed by atoms with Gasteiger partial charge in [0.15, 0.2) is 6.10 Å². The van der Waals surface area contributed by atoms with Gasteiger partial charge in [0, 0.05) is 36.9 Å². The van der Waals surface area contributed by atoms with Crippen LogP contribution in [0.2, 0.25) is 5.02 Å². The lowest BCUT2D eigenvalue weighted by molar-refractivity contribution is -0.138. The summed E-state index contributed by atoms with van der Waals surface area (Å²) in [5, 5.41) is 0.651. The monoisotopic (exact) mass is 344 g/mol. The fourth-order valence-corrected chi connectivity index (χ4v) is 2.97. The molecule has 0 unspecified atom stereocenters. The molecule has 0 aromatic heterocycles. The van der Waals surface area contributed by atoms with Crippen molar-refractivity contribution >= 4 is 23.2 Å². The van der Waals surface area contributed by atoms with Crippen molar-refractivity contribution in [3.05, 3.63) is 59.6 Å². The summed E-state index contributed by atoms with van der Waals surface area (Å²) < 4.78 is 5.73. The van der Waals surface area contributed by atoms with Crippen LogP contribution in [-0.2, 0) is 4.79 Å². The number of ether oxygens (including phenoxy) is 1. The Morgan fingerprint density at radius 3 is 2.25 bits per heavy atom.